The highest BCUT2D eigenvalue weighted by molar-refractivity contribution is 5.06. The number of rotatable bonds is 4. The zero-order chi connectivity index (χ0) is 11.2. The van der Waals surface area contributed by atoms with Gasteiger partial charge in [-0.2, -0.15) is 0 Å². The molecule has 16 heavy (non-hydrogen) atoms. The van der Waals surface area contributed by atoms with Crippen LogP contribution in [0.25, 0.3) is 0 Å². The van der Waals surface area contributed by atoms with E-state index in [2.05, 4.69) is 4.98 Å². The van der Waals surface area contributed by atoms with E-state index in [0.29, 0.717) is 18.6 Å². The van der Waals surface area contributed by atoms with Crippen molar-refractivity contribution >= 4 is 0 Å². The van der Waals surface area contributed by atoms with Gasteiger partial charge in [-0.1, -0.05) is 6.07 Å². The van der Waals surface area contributed by atoms with Crippen molar-refractivity contribution in [3.63, 3.8) is 0 Å². The lowest BCUT2D eigenvalue weighted by molar-refractivity contribution is 0.0717. The summed E-state index contributed by atoms with van der Waals surface area (Å²) in [5, 5.41) is 0. The van der Waals surface area contributed by atoms with Gasteiger partial charge < -0.3 is 10.5 Å². The second kappa shape index (κ2) is 5.97. The Hall–Kier alpha value is -0.930. The second-order valence-corrected chi connectivity index (χ2v) is 4.66. The minimum absolute atomic E-state index is 0.426. The fourth-order valence-electron chi connectivity index (χ4n) is 2.18. The lowest BCUT2D eigenvalue weighted by Gasteiger charge is -2.25. The summed E-state index contributed by atoms with van der Waals surface area (Å²) in [7, 11) is 0. The van der Waals surface area contributed by atoms with Crippen LogP contribution in [0.5, 0.6) is 0 Å². The van der Waals surface area contributed by atoms with Crippen molar-refractivity contribution in [3.8, 4) is 0 Å². The van der Waals surface area contributed by atoms with E-state index < -0.39 is 0 Å². The van der Waals surface area contributed by atoms with Crippen molar-refractivity contribution < 1.29 is 4.74 Å². The summed E-state index contributed by atoms with van der Waals surface area (Å²) in [6.07, 6.45) is 8.38. The quantitative estimate of drug-likeness (QED) is 0.845. The van der Waals surface area contributed by atoms with Gasteiger partial charge in [0.05, 0.1) is 6.61 Å². The topological polar surface area (TPSA) is 48.1 Å². The van der Waals surface area contributed by atoms with E-state index in [-0.39, 0.29) is 0 Å². The Morgan fingerprint density at radius 1 is 1.31 bits per heavy atom. The molecule has 0 amide bonds. The van der Waals surface area contributed by atoms with Crippen LogP contribution in [0.15, 0.2) is 24.5 Å². The zero-order valence-electron chi connectivity index (χ0n) is 9.64. The molecule has 1 fully saturated rings. The van der Waals surface area contributed by atoms with E-state index in [1.807, 2.05) is 18.3 Å². The van der Waals surface area contributed by atoms with Gasteiger partial charge in [0.1, 0.15) is 0 Å². The molecule has 2 N–H and O–H groups in total. The summed E-state index contributed by atoms with van der Waals surface area (Å²) in [6.45, 7) is 1.54. The van der Waals surface area contributed by atoms with Crippen molar-refractivity contribution in [1.29, 1.82) is 0 Å². The van der Waals surface area contributed by atoms with Crippen molar-refractivity contribution in [3.05, 3.63) is 30.1 Å². The zero-order valence-corrected chi connectivity index (χ0v) is 9.64. The van der Waals surface area contributed by atoms with Crippen LogP contribution in [0, 0.1) is 5.92 Å². The highest BCUT2D eigenvalue weighted by Gasteiger charge is 2.18. The molecular formula is C13H20N2O. The maximum absolute atomic E-state index is 5.87. The molecule has 88 valence electrons. The number of pyridine rings is 1. The molecule has 0 aromatic carbocycles. The molecule has 1 aromatic heterocycles. The van der Waals surface area contributed by atoms with Crippen LogP contribution >= 0.6 is 0 Å². The maximum atomic E-state index is 5.87. The second-order valence-electron chi connectivity index (χ2n) is 4.66. The molecule has 0 atom stereocenters. The predicted molar refractivity (Wildman–Crippen MR) is 63.8 cm³/mol. The number of nitrogens with zero attached hydrogens (tertiary/aromatic N) is 1. The highest BCUT2D eigenvalue weighted by Crippen LogP contribution is 2.23. The minimum Gasteiger partial charge on any atom is -0.376 e. The van der Waals surface area contributed by atoms with E-state index in [0.717, 1.165) is 25.0 Å². The SMILES string of the molecule is NC1CCC(COCc2cccnc2)CC1. The first kappa shape index (κ1) is 11.6. The van der Waals surface area contributed by atoms with E-state index in [1.165, 1.54) is 12.8 Å². The number of aromatic nitrogens is 1. The van der Waals surface area contributed by atoms with Gasteiger partial charge in [0.25, 0.3) is 0 Å². The fourth-order valence-corrected chi connectivity index (χ4v) is 2.18. The van der Waals surface area contributed by atoms with Crippen molar-refractivity contribution in [2.75, 3.05) is 6.61 Å². The molecule has 1 aliphatic rings. The predicted octanol–water partition coefficient (Wildman–Crippen LogP) is 2.12. The monoisotopic (exact) mass is 220 g/mol. The molecule has 3 heteroatoms. The average molecular weight is 220 g/mol. The van der Waals surface area contributed by atoms with Crippen molar-refractivity contribution in [1.82, 2.24) is 4.98 Å². The minimum atomic E-state index is 0.426. The Kier molecular flexibility index (Phi) is 4.31. The van der Waals surface area contributed by atoms with E-state index in [9.17, 15) is 0 Å². The third kappa shape index (κ3) is 3.58. The summed E-state index contributed by atoms with van der Waals surface area (Å²) in [6, 6.07) is 4.41. The molecule has 1 aliphatic carbocycles. The molecule has 1 heterocycles. The first-order chi connectivity index (χ1) is 7.84. The lowest BCUT2D eigenvalue weighted by atomic mass is 9.87. The highest BCUT2D eigenvalue weighted by atomic mass is 16.5. The Balaban J connectivity index is 1.65. The van der Waals surface area contributed by atoms with Gasteiger partial charge in [0, 0.05) is 25.0 Å². The van der Waals surface area contributed by atoms with E-state index in [4.69, 9.17) is 10.5 Å². The van der Waals surface area contributed by atoms with Crippen LogP contribution in [-0.2, 0) is 11.3 Å². The Labute approximate surface area is 97.0 Å². The van der Waals surface area contributed by atoms with Crippen LogP contribution in [0.1, 0.15) is 31.2 Å². The number of ether oxygens (including phenoxy) is 1. The molecule has 1 aromatic rings. The molecule has 0 spiro atoms. The molecule has 0 radical (unpaired) electrons. The summed E-state index contributed by atoms with van der Waals surface area (Å²) in [5.41, 5.74) is 7.02. The summed E-state index contributed by atoms with van der Waals surface area (Å²) in [5.74, 6) is 0.705. The first-order valence-electron chi connectivity index (χ1n) is 6.07. The van der Waals surface area contributed by atoms with E-state index >= 15 is 0 Å². The normalized spacial score (nSPS) is 25.6. The van der Waals surface area contributed by atoms with Crippen LogP contribution in [0.3, 0.4) is 0 Å². The van der Waals surface area contributed by atoms with E-state index in [1.54, 1.807) is 6.20 Å². The van der Waals surface area contributed by atoms with Gasteiger partial charge in [-0.15, -0.1) is 0 Å². The largest absolute Gasteiger partial charge is 0.376 e. The average Bonchev–Trinajstić information content (AvgIpc) is 2.33. The van der Waals surface area contributed by atoms with Gasteiger partial charge in [-0.3, -0.25) is 4.98 Å². The summed E-state index contributed by atoms with van der Waals surface area (Å²) >= 11 is 0. The lowest BCUT2D eigenvalue weighted by Crippen LogP contribution is -2.28. The van der Waals surface area contributed by atoms with Gasteiger partial charge in [-0.05, 0) is 43.2 Å². The van der Waals surface area contributed by atoms with Gasteiger partial charge in [0.2, 0.25) is 0 Å². The van der Waals surface area contributed by atoms with Crippen LogP contribution in [0.2, 0.25) is 0 Å². The van der Waals surface area contributed by atoms with Crippen LogP contribution in [0.4, 0.5) is 0 Å². The smallest absolute Gasteiger partial charge is 0.0731 e. The molecule has 0 saturated heterocycles. The summed E-state index contributed by atoms with van der Waals surface area (Å²) in [4.78, 5) is 4.06. The number of hydrogen-bond acceptors (Lipinski definition) is 3. The molecule has 0 unspecified atom stereocenters. The van der Waals surface area contributed by atoms with Crippen LogP contribution in [-0.4, -0.2) is 17.6 Å². The third-order valence-electron chi connectivity index (χ3n) is 3.24. The first-order valence-corrected chi connectivity index (χ1v) is 6.07. The van der Waals surface area contributed by atoms with Gasteiger partial charge >= 0.3 is 0 Å². The van der Waals surface area contributed by atoms with Gasteiger partial charge in [-0.25, -0.2) is 0 Å². The van der Waals surface area contributed by atoms with Crippen molar-refractivity contribution in [2.45, 2.75) is 38.3 Å². The molecule has 1 saturated carbocycles. The van der Waals surface area contributed by atoms with Crippen LogP contribution < -0.4 is 5.73 Å². The number of nitrogens with two attached hydrogens (primary N) is 1. The Bertz CT molecular complexity index is 294. The summed E-state index contributed by atoms with van der Waals surface area (Å²) < 4.78 is 5.71. The van der Waals surface area contributed by atoms with Gasteiger partial charge in [0.15, 0.2) is 0 Å². The molecular weight excluding hydrogens is 200 g/mol. The Morgan fingerprint density at radius 3 is 2.81 bits per heavy atom. The molecule has 2 rings (SSSR count). The van der Waals surface area contributed by atoms with Crippen molar-refractivity contribution in [2.24, 2.45) is 11.7 Å². The maximum Gasteiger partial charge on any atom is 0.0731 e. The third-order valence-corrected chi connectivity index (χ3v) is 3.24. The molecule has 0 aliphatic heterocycles. The Morgan fingerprint density at radius 2 is 2.12 bits per heavy atom. The fraction of sp³-hybridized carbons (Fsp3) is 0.615. The standard InChI is InChI=1S/C13H20N2O/c14-13-5-3-11(4-6-13)9-16-10-12-2-1-7-15-8-12/h1-2,7-8,11,13H,3-6,9-10,14H2. The number of hydrogen-bond donors (Lipinski definition) is 1. The molecule has 3 nitrogen and oxygen atoms in total. The molecule has 0 bridgehead atoms.